The number of benzene rings is 1. The number of ether oxygens (including phenoxy) is 1. The molecular weight excluding hydrogens is 428 g/mol. The number of amides is 2. The summed E-state index contributed by atoms with van der Waals surface area (Å²) >= 11 is 0. The van der Waals surface area contributed by atoms with Crippen molar-refractivity contribution in [2.45, 2.75) is 70.6 Å². The van der Waals surface area contributed by atoms with Gasteiger partial charge in [0.05, 0.1) is 11.6 Å². The Bertz CT molecular complexity index is 973. The van der Waals surface area contributed by atoms with Crippen LogP contribution in [-0.2, 0) is 19.7 Å². The van der Waals surface area contributed by atoms with E-state index < -0.39 is 11.6 Å². The molecule has 2 amide bonds. The van der Waals surface area contributed by atoms with Crippen LogP contribution < -0.4 is 15.5 Å². The summed E-state index contributed by atoms with van der Waals surface area (Å²) in [6.07, 6.45) is 4.99. The highest BCUT2D eigenvalue weighted by Gasteiger charge is 2.37. The third-order valence-electron chi connectivity index (χ3n) is 6.35. The zero-order valence-electron chi connectivity index (χ0n) is 21.2. The van der Waals surface area contributed by atoms with Crippen LogP contribution in [0.25, 0.3) is 0 Å². The molecule has 0 saturated carbocycles. The first-order chi connectivity index (χ1) is 16.0. The maximum absolute atomic E-state index is 13.8. The molecule has 1 aromatic heterocycles. The monoisotopic (exact) mass is 470 g/mol. The quantitative estimate of drug-likeness (QED) is 0.603. The maximum atomic E-state index is 13.8. The van der Waals surface area contributed by atoms with Gasteiger partial charge in [-0.05, 0) is 62.4 Å². The van der Waals surface area contributed by atoms with Crippen molar-refractivity contribution in [2.24, 2.45) is 0 Å². The van der Waals surface area contributed by atoms with Gasteiger partial charge in [-0.1, -0.05) is 39.0 Å². The summed E-state index contributed by atoms with van der Waals surface area (Å²) < 4.78 is 5.47. The summed E-state index contributed by atoms with van der Waals surface area (Å²) in [7, 11) is 1.61. The first kappa shape index (κ1) is 25.8. The number of carbonyl (C=O) groups excluding carboxylic acids is 2. The Morgan fingerprint density at radius 2 is 1.91 bits per heavy atom. The molecule has 0 radical (unpaired) electrons. The SMILES string of the molecule is COC(C)(C)CNC(=O)C(c1cccnc1)N(C(=O)C1CCCN1)c1ccc(C(C)(C)C)cc1.[HH].[HH]. The van der Waals surface area contributed by atoms with Gasteiger partial charge in [0.25, 0.3) is 0 Å². The van der Waals surface area contributed by atoms with Crippen molar-refractivity contribution >= 4 is 17.5 Å². The van der Waals surface area contributed by atoms with Crippen molar-refractivity contribution in [2.75, 3.05) is 25.1 Å². The summed E-state index contributed by atoms with van der Waals surface area (Å²) in [6.45, 7) is 11.4. The topological polar surface area (TPSA) is 83.6 Å². The van der Waals surface area contributed by atoms with Crippen LogP contribution in [-0.4, -0.2) is 48.6 Å². The number of anilines is 1. The molecule has 0 aliphatic carbocycles. The average molecular weight is 471 g/mol. The van der Waals surface area contributed by atoms with Gasteiger partial charge in [0, 0.05) is 40.2 Å². The number of pyridine rings is 1. The molecule has 2 atom stereocenters. The molecule has 2 N–H and O–H groups in total. The molecule has 1 aliphatic rings. The van der Waals surface area contributed by atoms with Gasteiger partial charge >= 0.3 is 0 Å². The lowest BCUT2D eigenvalue weighted by atomic mass is 9.87. The zero-order chi connectivity index (χ0) is 24.9. The lowest BCUT2D eigenvalue weighted by Gasteiger charge is -2.34. The predicted octanol–water partition coefficient (Wildman–Crippen LogP) is 4.24. The number of nitrogens with one attached hydrogen (secondary N) is 2. The zero-order valence-corrected chi connectivity index (χ0v) is 21.2. The predicted molar refractivity (Wildman–Crippen MR) is 139 cm³/mol. The molecule has 1 fully saturated rings. The van der Waals surface area contributed by atoms with Gasteiger partial charge in [0.15, 0.2) is 0 Å². The van der Waals surface area contributed by atoms with Gasteiger partial charge in [0.2, 0.25) is 11.8 Å². The van der Waals surface area contributed by atoms with E-state index in [0.717, 1.165) is 24.9 Å². The molecule has 2 heterocycles. The van der Waals surface area contributed by atoms with Crippen molar-refractivity contribution in [3.8, 4) is 0 Å². The third-order valence-corrected chi connectivity index (χ3v) is 6.35. The summed E-state index contributed by atoms with van der Waals surface area (Å²) in [5.41, 5.74) is 1.94. The van der Waals surface area contributed by atoms with E-state index in [-0.39, 0.29) is 26.1 Å². The van der Waals surface area contributed by atoms with Gasteiger partial charge < -0.3 is 15.4 Å². The van der Waals surface area contributed by atoms with E-state index in [1.165, 1.54) is 0 Å². The highest BCUT2D eigenvalue weighted by molar-refractivity contribution is 6.03. The Kier molecular flexibility index (Phi) is 8.10. The number of hydrogen-bond acceptors (Lipinski definition) is 5. The van der Waals surface area contributed by atoms with E-state index >= 15 is 0 Å². The number of nitrogens with zero attached hydrogens (tertiary/aromatic N) is 2. The molecule has 188 valence electrons. The van der Waals surface area contributed by atoms with Crippen LogP contribution in [0.15, 0.2) is 48.8 Å². The number of rotatable bonds is 8. The van der Waals surface area contributed by atoms with Crippen molar-refractivity contribution < 1.29 is 17.2 Å². The molecule has 1 saturated heterocycles. The van der Waals surface area contributed by atoms with E-state index in [2.05, 4.69) is 36.4 Å². The summed E-state index contributed by atoms with van der Waals surface area (Å²) in [6, 6.07) is 10.4. The van der Waals surface area contributed by atoms with Gasteiger partial charge in [-0.3, -0.25) is 19.5 Å². The Morgan fingerprint density at radius 3 is 2.44 bits per heavy atom. The molecular formula is C27H42N4O3. The van der Waals surface area contributed by atoms with Gasteiger partial charge in [-0.2, -0.15) is 0 Å². The fraction of sp³-hybridized carbons (Fsp3) is 0.519. The molecule has 7 nitrogen and oxygen atoms in total. The van der Waals surface area contributed by atoms with Crippen LogP contribution in [0.1, 0.15) is 67.5 Å². The minimum Gasteiger partial charge on any atom is -0.377 e. The van der Waals surface area contributed by atoms with Crippen molar-refractivity contribution in [1.29, 1.82) is 0 Å². The first-order valence-corrected chi connectivity index (χ1v) is 11.9. The normalized spacial score (nSPS) is 17.3. The molecule has 0 bridgehead atoms. The summed E-state index contributed by atoms with van der Waals surface area (Å²) in [5, 5.41) is 6.29. The molecule has 3 rings (SSSR count). The van der Waals surface area contributed by atoms with Gasteiger partial charge in [-0.25, -0.2) is 0 Å². The smallest absolute Gasteiger partial charge is 0.247 e. The van der Waals surface area contributed by atoms with E-state index in [9.17, 15) is 9.59 Å². The lowest BCUT2D eigenvalue weighted by Crippen LogP contribution is -2.51. The molecule has 1 aliphatic heterocycles. The number of aromatic nitrogens is 1. The minimum atomic E-state index is -0.864. The molecule has 7 heteroatoms. The highest BCUT2D eigenvalue weighted by Crippen LogP contribution is 2.32. The van der Waals surface area contributed by atoms with Crippen molar-refractivity contribution in [3.63, 3.8) is 0 Å². The van der Waals surface area contributed by atoms with Crippen molar-refractivity contribution in [3.05, 3.63) is 59.9 Å². The summed E-state index contributed by atoms with van der Waals surface area (Å²) in [4.78, 5) is 33.4. The molecule has 2 aromatic rings. The first-order valence-electron chi connectivity index (χ1n) is 11.9. The second-order valence-corrected chi connectivity index (χ2v) is 10.5. The van der Waals surface area contributed by atoms with Crippen LogP contribution in [0, 0.1) is 0 Å². The Labute approximate surface area is 206 Å². The Balaban J connectivity index is 0.00000324. The number of carbonyl (C=O) groups is 2. The molecule has 0 spiro atoms. The average Bonchev–Trinajstić information content (AvgIpc) is 3.36. The Morgan fingerprint density at radius 1 is 1.21 bits per heavy atom. The standard InChI is InChI=1S/C27H38N4O3.2H2/c1-26(2,3)20-11-13-21(14-12-20)31(25(33)22-10-8-16-29-22)23(19-9-7-15-28-17-19)24(32)30-18-27(4,5)34-6;;/h7,9,11-15,17,22-23,29H,8,10,16,18H2,1-6H3,(H,30,32);2*1H. The van der Waals surface area contributed by atoms with Crippen LogP contribution in [0.2, 0.25) is 0 Å². The van der Waals surface area contributed by atoms with E-state index in [1.54, 1.807) is 30.5 Å². The second kappa shape index (κ2) is 10.7. The molecule has 34 heavy (non-hydrogen) atoms. The minimum absolute atomic E-state index is 0. The van der Waals surface area contributed by atoms with Crippen LogP contribution in [0.3, 0.4) is 0 Å². The largest absolute Gasteiger partial charge is 0.377 e. The fourth-order valence-corrected chi connectivity index (χ4v) is 4.01. The van der Waals surface area contributed by atoms with E-state index in [0.29, 0.717) is 17.8 Å². The van der Waals surface area contributed by atoms with Crippen molar-refractivity contribution in [1.82, 2.24) is 15.6 Å². The number of hydrogen-bond donors (Lipinski definition) is 2. The molecule has 1 aromatic carbocycles. The van der Waals surface area contributed by atoms with Crippen LogP contribution >= 0.6 is 0 Å². The second-order valence-electron chi connectivity index (χ2n) is 10.5. The van der Waals surface area contributed by atoms with E-state index in [1.807, 2.05) is 44.2 Å². The van der Waals surface area contributed by atoms with Crippen LogP contribution in [0.5, 0.6) is 0 Å². The fourth-order valence-electron chi connectivity index (χ4n) is 4.01. The molecule has 2 unspecified atom stereocenters. The maximum Gasteiger partial charge on any atom is 0.247 e. The van der Waals surface area contributed by atoms with Gasteiger partial charge in [0.1, 0.15) is 6.04 Å². The van der Waals surface area contributed by atoms with E-state index in [4.69, 9.17) is 4.74 Å². The number of methoxy groups -OCH3 is 1. The highest BCUT2D eigenvalue weighted by atomic mass is 16.5. The lowest BCUT2D eigenvalue weighted by molar-refractivity contribution is -0.128. The van der Waals surface area contributed by atoms with Crippen LogP contribution in [0.4, 0.5) is 5.69 Å². The Hall–Kier alpha value is -2.77. The summed E-state index contributed by atoms with van der Waals surface area (Å²) in [5.74, 6) is -0.389. The van der Waals surface area contributed by atoms with Gasteiger partial charge in [-0.15, -0.1) is 0 Å². The third kappa shape index (κ3) is 6.21.